The van der Waals surface area contributed by atoms with Crippen molar-refractivity contribution in [3.8, 4) is 0 Å². The van der Waals surface area contributed by atoms with Crippen molar-refractivity contribution >= 4 is 7.82 Å². The van der Waals surface area contributed by atoms with Crippen molar-refractivity contribution in [1.82, 2.24) is 0 Å². The third-order valence-electron chi connectivity index (χ3n) is 0. The number of phosphoric acid groups is 1. The molecule has 0 saturated carbocycles. The largest absolute Gasteiger partial charge is 1.00 e. The summed E-state index contributed by atoms with van der Waals surface area (Å²) >= 11 is 0. The van der Waals surface area contributed by atoms with Crippen LogP contribution >= 0.6 is 7.82 Å². The molecule has 0 aliphatic heterocycles. The summed E-state index contributed by atoms with van der Waals surface area (Å²) in [5.41, 5.74) is 0. The number of hydrogen-bond donors (Lipinski definition) is 0. The summed E-state index contributed by atoms with van der Waals surface area (Å²) in [5, 5.41) is 0. The van der Waals surface area contributed by atoms with Gasteiger partial charge in [-0.3, -0.25) is 0 Å². The molecule has 4 nitrogen and oxygen atoms in total. The van der Waals surface area contributed by atoms with E-state index >= 15 is 0 Å². The molecule has 0 spiro atoms. The van der Waals surface area contributed by atoms with Gasteiger partial charge in [-0.15, -0.1) is 0 Å². The Morgan fingerprint density at radius 3 is 0.727 bits per heavy atom. The summed E-state index contributed by atoms with van der Waals surface area (Å²) in [6, 6.07) is 0. The Hall–Kier alpha value is 3.11. The van der Waals surface area contributed by atoms with Gasteiger partial charge in [0.05, 0.1) is 0 Å². The Bertz CT molecular complexity index is 66.7. The smallest absolute Gasteiger partial charge is 0.822 e. The zero-order valence-corrected chi connectivity index (χ0v) is 12.0. The van der Waals surface area contributed by atoms with Crippen LogP contribution in [0, 0.1) is 0 Å². The van der Waals surface area contributed by atoms with Crippen LogP contribution in [0.4, 0.5) is 0 Å². The first-order valence-corrected chi connectivity index (χ1v) is 2.19. The molecule has 0 aliphatic rings. The van der Waals surface area contributed by atoms with Crippen molar-refractivity contribution in [1.29, 1.82) is 0 Å². The fourth-order valence-corrected chi connectivity index (χ4v) is 0. The Morgan fingerprint density at radius 2 is 0.727 bits per heavy atom. The minimum atomic E-state index is -5.39. The first-order valence-electron chi connectivity index (χ1n) is 0.730. The van der Waals surface area contributed by atoms with Gasteiger partial charge < -0.3 is 19.2 Å². The van der Waals surface area contributed by atoms with Gasteiger partial charge in [0.1, 0.15) is 0 Å². The maximum absolute atomic E-state index is 8.55. The third-order valence-corrected chi connectivity index (χ3v) is 0. The van der Waals surface area contributed by atoms with E-state index in [9.17, 15) is 0 Å². The second-order valence-electron chi connectivity index (χ2n) is 0.447. The molecule has 0 bridgehead atoms. The van der Waals surface area contributed by atoms with Crippen molar-refractivity contribution < 1.29 is 108 Å². The molecule has 0 aromatic rings. The van der Waals surface area contributed by atoms with Crippen LogP contribution in [0.1, 0.15) is 22.3 Å². The summed E-state index contributed by atoms with van der Waals surface area (Å²) < 4.78 is 8.55. The first kappa shape index (κ1) is 48.0. The van der Waals surface area contributed by atoms with Gasteiger partial charge in [-0.2, -0.15) is 7.82 Å². The Kier molecular flexibility index (Phi) is 101. The zero-order chi connectivity index (χ0) is 4.50. The van der Waals surface area contributed by atoms with Gasteiger partial charge in [-0.1, -0.05) is 22.3 Å². The summed E-state index contributed by atoms with van der Waals surface area (Å²) in [4.78, 5) is 25.6. The van der Waals surface area contributed by atoms with Crippen LogP contribution in [-0.4, -0.2) is 0 Å². The molecule has 0 radical (unpaired) electrons. The average molecular weight is 212 g/mol. The Labute approximate surface area is 136 Å². The molecule has 56 valence electrons. The van der Waals surface area contributed by atoms with Crippen LogP contribution in [0.5, 0.6) is 0 Å². The summed E-state index contributed by atoms with van der Waals surface area (Å²) in [6.07, 6.45) is 0. The quantitative estimate of drug-likeness (QED) is 0.294. The van der Waals surface area contributed by atoms with Crippen LogP contribution in [-0.2, 0) is 4.57 Å². The molecule has 0 saturated heterocycles. The number of hydrogen-bond acceptors (Lipinski definition) is 4. The Morgan fingerprint density at radius 1 is 0.727 bits per heavy atom. The molecule has 8 heteroatoms. The minimum Gasteiger partial charge on any atom is -0.822 e. The van der Waals surface area contributed by atoms with Crippen LogP contribution in [0.2, 0.25) is 0 Å². The monoisotopic (exact) mass is 212 g/mol. The van der Waals surface area contributed by atoms with Gasteiger partial charge in [0.25, 0.3) is 0 Å². The number of rotatable bonds is 0. The van der Waals surface area contributed by atoms with Crippen molar-refractivity contribution in [2.75, 3.05) is 0 Å². The molecule has 0 heterocycles. The fraction of sp³-hybridized carbons (Fsp3) is 1.00. The molecular formula is C3H12Na3O4P. The predicted molar refractivity (Wildman–Crippen MR) is 27.8 cm³/mol. The molecule has 0 unspecified atom stereocenters. The predicted octanol–water partition coefficient (Wildman–Crippen LogP) is -9.90. The maximum Gasteiger partial charge on any atom is 1.00 e. The molecular weight excluding hydrogens is 200 g/mol. The second kappa shape index (κ2) is 23.2. The van der Waals surface area contributed by atoms with E-state index in [-0.39, 0.29) is 111 Å². The molecule has 0 N–H and O–H groups in total. The van der Waals surface area contributed by atoms with E-state index in [0.717, 1.165) is 0 Å². The van der Waals surface area contributed by atoms with E-state index in [2.05, 4.69) is 0 Å². The topological polar surface area (TPSA) is 86.2 Å². The van der Waals surface area contributed by atoms with Crippen molar-refractivity contribution in [2.45, 2.75) is 22.3 Å². The van der Waals surface area contributed by atoms with E-state index in [1.165, 1.54) is 0 Å². The standard InChI is InChI=1S/3CH4.3Na.H3O4P/c;;;;;;1-5(2,3)4/h3*1H4;;;;(H3,1,2,3,4)/q;;;3*+1;/p-3. The SMILES string of the molecule is C.C.C.O=P([O-])([O-])[O-].[Na+].[Na+].[Na+]. The van der Waals surface area contributed by atoms with Gasteiger partial charge in [-0.05, 0) is 0 Å². The van der Waals surface area contributed by atoms with E-state index < -0.39 is 7.82 Å². The van der Waals surface area contributed by atoms with Crippen LogP contribution in [0.25, 0.3) is 0 Å². The van der Waals surface area contributed by atoms with Crippen LogP contribution < -0.4 is 103 Å². The summed E-state index contributed by atoms with van der Waals surface area (Å²) in [6.45, 7) is 0. The van der Waals surface area contributed by atoms with Crippen LogP contribution in [0.3, 0.4) is 0 Å². The van der Waals surface area contributed by atoms with Crippen molar-refractivity contribution in [3.05, 3.63) is 0 Å². The molecule has 11 heavy (non-hydrogen) atoms. The van der Waals surface area contributed by atoms with Crippen LogP contribution in [0.15, 0.2) is 0 Å². The fourth-order valence-electron chi connectivity index (χ4n) is 0. The molecule has 0 aromatic carbocycles. The van der Waals surface area contributed by atoms with Gasteiger partial charge >= 0.3 is 88.7 Å². The molecule has 0 fully saturated rings. The third kappa shape index (κ3) is 167. The normalized spacial score (nSPS) is 5.36. The molecule has 0 rings (SSSR count). The molecule has 0 aliphatic carbocycles. The minimum absolute atomic E-state index is 0. The van der Waals surface area contributed by atoms with E-state index in [0.29, 0.717) is 0 Å². The Balaban J connectivity index is -0.00000000533. The average Bonchev–Trinajstić information content (AvgIpc) is 0.722. The van der Waals surface area contributed by atoms with E-state index in [1.807, 2.05) is 0 Å². The summed E-state index contributed by atoms with van der Waals surface area (Å²) in [7, 11) is -5.39. The summed E-state index contributed by atoms with van der Waals surface area (Å²) in [5.74, 6) is 0. The first-order chi connectivity index (χ1) is 2.00. The van der Waals surface area contributed by atoms with Crippen molar-refractivity contribution in [3.63, 3.8) is 0 Å². The second-order valence-corrected chi connectivity index (χ2v) is 1.34. The van der Waals surface area contributed by atoms with E-state index in [1.54, 1.807) is 0 Å². The molecule has 0 amide bonds. The van der Waals surface area contributed by atoms with Crippen molar-refractivity contribution in [2.24, 2.45) is 0 Å². The molecule has 0 atom stereocenters. The van der Waals surface area contributed by atoms with Gasteiger partial charge in [-0.25, -0.2) is 0 Å². The van der Waals surface area contributed by atoms with E-state index in [4.69, 9.17) is 19.2 Å². The molecule has 0 aromatic heterocycles. The van der Waals surface area contributed by atoms with Gasteiger partial charge in [0.2, 0.25) is 0 Å². The zero-order valence-electron chi connectivity index (χ0n) is 5.08. The van der Waals surface area contributed by atoms with Gasteiger partial charge in [0.15, 0.2) is 0 Å². The van der Waals surface area contributed by atoms with Gasteiger partial charge in [0, 0.05) is 0 Å². The maximum atomic E-state index is 8.55.